The van der Waals surface area contributed by atoms with Gasteiger partial charge in [0.1, 0.15) is 12.1 Å². The average molecular weight is 325 g/mol. The van der Waals surface area contributed by atoms with Crippen molar-refractivity contribution < 1.29 is 19.4 Å². The summed E-state index contributed by atoms with van der Waals surface area (Å²) in [5, 5.41) is 11.9. The van der Waals surface area contributed by atoms with Gasteiger partial charge in [0, 0.05) is 13.0 Å². The zero-order chi connectivity index (χ0) is 16.5. The van der Waals surface area contributed by atoms with Crippen molar-refractivity contribution in [3.8, 4) is 11.1 Å². The summed E-state index contributed by atoms with van der Waals surface area (Å²) in [6.07, 6.45) is 0.0461. The third-order valence-electron chi connectivity index (χ3n) is 4.51. The normalized spacial score (nSPS) is 28.7. The summed E-state index contributed by atoms with van der Waals surface area (Å²) in [4.78, 5) is 10.9. The minimum absolute atomic E-state index is 0.0568. The van der Waals surface area contributed by atoms with E-state index in [-0.39, 0.29) is 18.5 Å². The van der Waals surface area contributed by atoms with Crippen LogP contribution in [-0.2, 0) is 14.3 Å². The Balaban J connectivity index is 1.34. The van der Waals surface area contributed by atoms with Crippen molar-refractivity contribution in [3.63, 3.8) is 0 Å². The molecule has 4 rings (SSSR count). The van der Waals surface area contributed by atoms with Crippen molar-refractivity contribution in [2.45, 2.75) is 31.0 Å². The minimum atomic E-state index is -0.828. The van der Waals surface area contributed by atoms with Crippen molar-refractivity contribution in [2.75, 3.05) is 6.54 Å². The van der Waals surface area contributed by atoms with Crippen molar-refractivity contribution in [2.24, 2.45) is 0 Å². The van der Waals surface area contributed by atoms with Crippen molar-refractivity contribution >= 4 is 5.97 Å². The molecule has 4 atom stereocenters. The second-order valence-electron chi connectivity index (χ2n) is 6.21. The molecule has 24 heavy (non-hydrogen) atoms. The zero-order valence-electron chi connectivity index (χ0n) is 13.1. The lowest BCUT2D eigenvalue weighted by Gasteiger charge is -2.08. The molecule has 124 valence electrons. The van der Waals surface area contributed by atoms with Gasteiger partial charge in [-0.15, -0.1) is 0 Å². The Morgan fingerprint density at radius 2 is 1.79 bits per heavy atom. The van der Waals surface area contributed by atoms with Crippen LogP contribution in [-0.4, -0.2) is 36.1 Å². The molecule has 2 aromatic carbocycles. The quantitative estimate of drug-likeness (QED) is 0.827. The van der Waals surface area contributed by atoms with E-state index in [0.717, 1.165) is 5.56 Å². The number of aliphatic carboxylic acids is 1. The van der Waals surface area contributed by atoms with Gasteiger partial charge in [0.2, 0.25) is 0 Å². The van der Waals surface area contributed by atoms with E-state index in [0.29, 0.717) is 13.0 Å². The first-order valence-electron chi connectivity index (χ1n) is 8.13. The Morgan fingerprint density at radius 1 is 1.08 bits per heavy atom. The van der Waals surface area contributed by atoms with E-state index in [4.69, 9.17) is 14.6 Å². The number of nitrogens with one attached hydrogen (secondary N) is 1. The largest absolute Gasteiger partial charge is 0.480 e. The molecule has 2 fully saturated rings. The molecule has 2 heterocycles. The van der Waals surface area contributed by atoms with Gasteiger partial charge in [-0.3, -0.25) is 4.79 Å². The number of hydrogen-bond acceptors (Lipinski definition) is 4. The lowest BCUT2D eigenvalue weighted by atomic mass is 10.0. The zero-order valence-corrected chi connectivity index (χ0v) is 13.1. The Labute approximate surface area is 140 Å². The molecule has 0 spiro atoms. The van der Waals surface area contributed by atoms with Crippen LogP contribution >= 0.6 is 0 Å². The molecule has 0 amide bonds. The molecular formula is C19H19NO4. The molecule has 2 aliphatic rings. The molecule has 2 aliphatic heterocycles. The van der Waals surface area contributed by atoms with Crippen LogP contribution < -0.4 is 5.32 Å². The van der Waals surface area contributed by atoms with Crippen molar-refractivity contribution in [3.05, 3.63) is 60.2 Å². The number of carbonyl (C=O) groups is 1. The van der Waals surface area contributed by atoms with Gasteiger partial charge in [-0.1, -0.05) is 54.6 Å². The second kappa shape index (κ2) is 6.36. The smallest absolute Gasteiger partial charge is 0.320 e. The van der Waals surface area contributed by atoms with Gasteiger partial charge in [0.05, 0.1) is 6.10 Å². The molecule has 5 nitrogen and oxygen atoms in total. The fraction of sp³-hybridized carbons (Fsp3) is 0.316. The molecule has 5 heteroatoms. The third-order valence-corrected chi connectivity index (χ3v) is 4.51. The molecule has 0 aliphatic carbocycles. The predicted octanol–water partition coefficient (Wildman–Crippen LogP) is 2.58. The van der Waals surface area contributed by atoms with E-state index in [9.17, 15) is 4.79 Å². The van der Waals surface area contributed by atoms with Crippen molar-refractivity contribution in [1.29, 1.82) is 0 Å². The summed E-state index contributed by atoms with van der Waals surface area (Å²) in [7, 11) is 0. The Bertz CT molecular complexity index is 716. The molecule has 2 aromatic rings. The summed E-state index contributed by atoms with van der Waals surface area (Å²) in [5.41, 5.74) is 3.44. The number of ether oxygens (including phenoxy) is 2. The molecule has 2 N–H and O–H groups in total. The molecule has 0 aromatic heterocycles. The minimum Gasteiger partial charge on any atom is -0.480 e. The molecule has 2 saturated heterocycles. The van der Waals surface area contributed by atoms with E-state index < -0.39 is 12.0 Å². The number of carboxylic acid groups (broad SMARTS) is 1. The summed E-state index contributed by atoms with van der Waals surface area (Å²) >= 11 is 0. The van der Waals surface area contributed by atoms with E-state index in [1.54, 1.807) is 0 Å². The van der Waals surface area contributed by atoms with Crippen LogP contribution in [0.5, 0.6) is 0 Å². The van der Waals surface area contributed by atoms with Gasteiger partial charge in [-0.25, -0.2) is 0 Å². The molecule has 0 bridgehead atoms. The first-order valence-corrected chi connectivity index (χ1v) is 8.13. The first kappa shape index (κ1) is 15.3. The Kier molecular flexibility index (Phi) is 4.06. The topological polar surface area (TPSA) is 71.1 Å². The highest BCUT2D eigenvalue weighted by molar-refractivity contribution is 5.73. The third kappa shape index (κ3) is 3.19. The van der Waals surface area contributed by atoms with Gasteiger partial charge in [-0.05, 0) is 16.7 Å². The number of hydrogen-bond donors (Lipinski definition) is 2. The van der Waals surface area contributed by atoms with Crippen LogP contribution in [0.3, 0.4) is 0 Å². The Hall–Kier alpha value is -2.21. The molecule has 0 radical (unpaired) electrons. The Morgan fingerprint density at radius 3 is 2.46 bits per heavy atom. The molecular weight excluding hydrogens is 306 g/mol. The fourth-order valence-corrected chi connectivity index (χ4v) is 3.12. The fourth-order valence-electron chi connectivity index (χ4n) is 3.12. The summed E-state index contributed by atoms with van der Waals surface area (Å²) < 4.78 is 11.4. The molecule has 0 saturated carbocycles. The average Bonchev–Trinajstić information content (AvgIpc) is 3.21. The highest BCUT2D eigenvalue weighted by Crippen LogP contribution is 2.41. The van der Waals surface area contributed by atoms with Gasteiger partial charge >= 0.3 is 5.97 Å². The summed E-state index contributed by atoms with van der Waals surface area (Å²) in [5.74, 6) is -0.828. The summed E-state index contributed by atoms with van der Waals surface area (Å²) in [6.45, 7) is 0.552. The van der Waals surface area contributed by atoms with Gasteiger partial charge in [0.25, 0.3) is 0 Å². The lowest BCUT2D eigenvalue weighted by molar-refractivity contribution is -0.139. The van der Waals surface area contributed by atoms with E-state index in [2.05, 4.69) is 41.7 Å². The number of benzene rings is 2. The first-order chi connectivity index (χ1) is 11.7. The maximum atomic E-state index is 10.9. The SMILES string of the molecule is O=C(O)[C@@H]1C[C@H](OC2OC2c2ccc(-c3ccccc3)cc2)CN1. The van der Waals surface area contributed by atoms with E-state index >= 15 is 0 Å². The van der Waals surface area contributed by atoms with Gasteiger partial charge in [0.15, 0.2) is 6.29 Å². The van der Waals surface area contributed by atoms with Crippen LogP contribution in [0, 0.1) is 0 Å². The number of rotatable bonds is 5. The second-order valence-corrected chi connectivity index (χ2v) is 6.21. The van der Waals surface area contributed by atoms with E-state index in [1.807, 2.05) is 18.2 Å². The van der Waals surface area contributed by atoms with E-state index in [1.165, 1.54) is 11.1 Å². The van der Waals surface area contributed by atoms with Gasteiger partial charge in [-0.2, -0.15) is 0 Å². The maximum Gasteiger partial charge on any atom is 0.320 e. The van der Waals surface area contributed by atoms with Crippen LogP contribution in [0.4, 0.5) is 0 Å². The van der Waals surface area contributed by atoms with Crippen LogP contribution in [0.1, 0.15) is 18.1 Å². The number of carboxylic acids is 1. The monoisotopic (exact) mass is 325 g/mol. The lowest BCUT2D eigenvalue weighted by Crippen LogP contribution is -2.29. The highest BCUT2D eigenvalue weighted by Gasteiger charge is 2.44. The van der Waals surface area contributed by atoms with Crippen LogP contribution in [0.15, 0.2) is 54.6 Å². The van der Waals surface area contributed by atoms with Crippen LogP contribution in [0.2, 0.25) is 0 Å². The van der Waals surface area contributed by atoms with Crippen molar-refractivity contribution in [1.82, 2.24) is 5.32 Å². The maximum absolute atomic E-state index is 10.9. The standard InChI is InChI=1S/C19H19NO4/c21-18(22)16-10-15(11-20-16)23-19-17(24-19)14-8-6-13(7-9-14)12-4-2-1-3-5-12/h1-9,15-17,19-20H,10-11H2,(H,21,22)/t15-,16-,17?,19?/m0/s1. The number of epoxide rings is 1. The molecule has 2 unspecified atom stereocenters. The highest BCUT2D eigenvalue weighted by atomic mass is 16.8. The predicted molar refractivity (Wildman–Crippen MR) is 88.4 cm³/mol. The van der Waals surface area contributed by atoms with Gasteiger partial charge < -0.3 is 19.9 Å². The summed E-state index contributed by atoms with van der Waals surface area (Å²) in [6, 6.07) is 18.0. The van der Waals surface area contributed by atoms with Crippen LogP contribution in [0.25, 0.3) is 11.1 Å².